The Kier molecular flexibility index (Phi) is 6.32. The lowest BCUT2D eigenvalue weighted by Crippen LogP contribution is -2.68. The van der Waals surface area contributed by atoms with Crippen LogP contribution in [0.2, 0.25) is 0 Å². The molecule has 0 radical (unpaired) electrons. The molecule has 1 aromatic heterocycles. The van der Waals surface area contributed by atoms with Gasteiger partial charge < -0.3 is 30.4 Å². The first kappa shape index (κ1) is 25.7. The molecule has 0 aromatic carbocycles. The molecular weight excluding hydrogens is 460 g/mol. The van der Waals surface area contributed by atoms with E-state index in [-0.39, 0.29) is 40.3 Å². The Labute approximate surface area is 212 Å². The Balaban J connectivity index is 1.40. The van der Waals surface area contributed by atoms with Crippen LogP contribution in [0.3, 0.4) is 0 Å². The number of hydrogen-bond donors (Lipinski definition) is 4. The minimum atomic E-state index is -0.946. The zero-order chi connectivity index (χ0) is 25.9. The molecule has 0 bridgehead atoms. The molecule has 4 aliphatic rings. The molecule has 0 aliphatic heterocycles. The van der Waals surface area contributed by atoms with E-state index < -0.39 is 17.3 Å². The van der Waals surface area contributed by atoms with Gasteiger partial charge in [0.15, 0.2) is 0 Å². The van der Waals surface area contributed by atoms with Gasteiger partial charge in [0, 0.05) is 24.1 Å². The van der Waals surface area contributed by atoms with Crippen LogP contribution in [-0.4, -0.2) is 56.6 Å². The highest BCUT2D eigenvalue weighted by atomic mass is 16.4. The van der Waals surface area contributed by atoms with Crippen molar-refractivity contribution in [3.05, 3.63) is 34.4 Å². The van der Waals surface area contributed by atoms with Crippen molar-refractivity contribution in [2.75, 3.05) is 13.1 Å². The largest absolute Gasteiger partial charge is 0.465 e. The maximum atomic E-state index is 12.4. The molecule has 0 unspecified atom stereocenters. The summed E-state index contributed by atoms with van der Waals surface area (Å²) in [4.78, 5) is 25.0. The summed E-state index contributed by atoms with van der Waals surface area (Å²) in [6, 6.07) is 3.11. The summed E-state index contributed by atoms with van der Waals surface area (Å²) in [5.74, 6) is 0.403. The van der Waals surface area contributed by atoms with E-state index in [0.717, 1.165) is 44.1 Å². The highest BCUT2D eigenvalue weighted by molar-refractivity contribution is 5.65. The summed E-state index contributed by atoms with van der Waals surface area (Å²) >= 11 is 0. The van der Waals surface area contributed by atoms with Gasteiger partial charge >= 0.3 is 11.7 Å². The molecule has 8 nitrogen and oxygen atoms in total. The molecule has 0 spiro atoms. The van der Waals surface area contributed by atoms with Gasteiger partial charge in [-0.25, -0.2) is 9.59 Å². The smallest absolute Gasteiger partial charge is 0.407 e. The third-order valence-corrected chi connectivity index (χ3v) is 11.4. The first-order valence-electron chi connectivity index (χ1n) is 13.7. The fourth-order valence-electron chi connectivity index (χ4n) is 9.26. The van der Waals surface area contributed by atoms with Crippen LogP contribution < -0.4 is 11.4 Å². The van der Waals surface area contributed by atoms with E-state index in [4.69, 9.17) is 10.2 Å². The molecule has 36 heavy (non-hydrogen) atoms. The maximum Gasteiger partial charge on any atom is 0.407 e. The lowest BCUT2D eigenvalue weighted by molar-refractivity contribution is -0.249. The number of nitrogens with two attached hydrogens (primary N) is 1. The van der Waals surface area contributed by atoms with Gasteiger partial charge in [0.25, 0.3) is 0 Å². The van der Waals surface area contributed by atoms with Crippen molar-refractivity contribution in [2.24, 2.45) is 28.4 Å². The molecule has 200 valence electrons. The Bertz CT molecular complexity index is 1040. The minimum Gasteiger partial charge on any atom is -0.465 e. The van der Waals surface area contributed by atoms with Gasteiger partial charge in [-0.3, -0.25) is 0 Å². The van der Waals surface area contributed by atoms with E-state index in [9.17, 15) is 24.9 Å². The van der Waals surface area contributed by atoms with Gasteiger partial charge in [0.2, 0.25) is 0 Å². The molecule has 0 saturated heterocycles. The van der Waals surface area contributed by atoms with Gasteiger partial charge in [-0.15, -0.1) is 0 Å². The van der Waals surface area contributed by atoms with Crippen LogP contribution in [0.15, 0.2) is 27.6 Å². The molecule has 5 rings (SSSR count). The van der Waals surface area contributed by atoms with Crippen molar-refractivity contribution >= 4 is 6.09 Å². The number of aliphatic hydroxyl groups is 2. The quantitative estimate of drug-likeness (QED) is 0.482. The fraction of sp³-hybridized carbons (Fsp3) is 0.786. The average molecular weight is 503 g/mol. The van der Waals surface area contributed by atoms with Crippen LogP contribution in [0.4, 0.5) is 4.79 Å². The maximum absolute atomic E-state index is 12.4. The van der Waals surface area contributed by atoms with Crippen LogP contribution in [0, 0.1) is 22.7 Å². The van der Waals surface area contributed by atoms with Gasteiger partial charge in [0.05, 0.1) is 17.5 Å². The second kappa shape index (κ2) is 8.84. The second-order valence-electron chi connectivity index (χ2n) is 12.6. The summed E-state index contributed by atoms with van der Waals surface area (Å²) in [5, 5.41) is 34.3. The van der Waals surface area contributed by atoms with Gasteiger partial charge in [0.1, 0.15) is 0 Å². The molecule has 4 saturated carbocycles. The van der Waals surface area contributed by atoms with Crippen molar-refractivity contribution in [3.8, 4) is 0 Å². The van der Waals surface area contributed by atoms with E-state index in [1.54, 1.807) is 6.26 Å². The Morgan fingerprint density at radius 1 is 1.06 bits per heavy atom. The van der Waals surface area contributed by atoms with Crippen molar-refractivity contribution < 1.29 is 24.5 Å². The van der Waals surface area contributed by atoms with Crippen molar-refractivity contribution in [2.45, 2.75) is 101 Å². The van der Waals surface area contributed by atoms with Gasteiger partial charge in [-0.1, -0.05) is 13.8 Å². The summed E-state index contributed by atoms with van der Waals surface area (Å²) < 4.78 is 5.18. The van der Waals surface area contributed by atoms with E-state index in [2.05, 4.69) is 13.8 Å². The lowest BCUT2D eigenvalue weighted by Gasteiger charge is -2.66. The monoisotopic (exact) mass is 502 g/mol. The van der Waals surface area contributed by atoms with Crippen LogP contribution >= 0.6 is 0 Å². The Morgan fingerprint density at radius 3 is 2.44 bits per heavy atom. The average Bonchev–Trinajstić information content (AvgIpc) is 3.11. The zero-order valence-electron chi connectivity index (χ0n) is 21.6. The molecule has 8 heteroatoms. The SMILES string of the molecule is C[C@]12CC[C@H](N(CCCN)C(=O)O)C[C@@]1(O)CC[C@@H]1[C@@H]2CC[C@]2(C)[C@@H](c3ccc(=O)oc3)CC[C@]12O. The van der Waals surface area contributed by atoms with E-state index in [1.165, 1.54) is 11.0 Å². The minimum absolute atomic E-state index is 0.0895. The van der Waals surface area contributed by atoms with Crippen LogP contribution in [-0.2, 0) is 0 Å². The third-order valence-electron chi connectivity index (χ3n) is 11.4. The van der Waals surface area contributed by atoms with Crippen molar-refractivity contribution in [1.82, 2.24) is 4.90 Å². The van der Waals surface area contributed by atoms with Crippen LogP contribution in [0.5, 0.6) is 0 Å². The summed E-state index contributed by atoms with van der Waals surface area (Å²) in [5.41, 5.74) is 3.79. The third kappa shape index (κ3) is 3.58. The standard InChI is InChI=1S/C28H42N2O6/c1-25-10-6-19(30(24(32)33)15-3-14-29)16-27(25,34)12-8-22-21(25)7-11-26(2)20(9-13-28(22,26)35)18-4-5-23(31)36-17-18/h4-5,17,19-22,34-35H,3,6-16,29H2,1-2H3,(H,32,33)/t19-,20+,21-,22+,25+,26+,27-,28-/m0/s1. The van der Waals surface area contributed by atoms with Gasteiger partial charge in [-0.05, 0) is 106 Å². The Morgan fingerprint density at radius 2 is 1.78 bits per heavy atom. The molecule has 1 aromatic rings. The molecule has 4 fully saturated rings. The normalized spacial score (nSPS) is 43.8. The molecule has 5 N–H and O–H groups in total. The van der Waals surface area contributed by atoms with E-state index >= 15 is 0 Å². The number of nitrogens with zero attached hydrogens (tertiary/aromatic N) is 1. The highest BCUT2D eigenvalue weighted by Crippen LogP contribution is 2.71. The number of carboxylic acid groups (broad SMARTS) is 1. The summed E-state index contributed by atoms with van der Waals surface area (Å²) in [6.45, 7) is 5.23. The van der Waals surface area contributed by atoms with Crippen molar-refractivity contribution in [3.63, 3.8) is 0 Å². The molecule has 1 heterocycles. The molecule has 1 amide bonds. The Hall–Kier alpha value is -1.90. The van der Waals surface area contributed by atoms with E-state index in [1.807, 2.05) is 6.07 Å². The first-order chi connectivity index (χ1) is 17.0. The molecular formula is C28H42N2O6. The van der Waals surface area contributed by atoms with Crippen LogP contribution in [0.25, 0.3) is 0 Å². The number of fused-ring (bicyclic) bond motifs is 5. The van der Waals surface area contributed by atoms with Gasteiger partial charge in [-0.2, -0.15) is 0 Å². The lowest BCUT2D eigenvalue weighted by atomic mass is 9.41. The molecule has 8 atom stereocenters. The second-order valence-corrected chi connectivity index (χ2v) is 12.6. The summed E-state index contributed by atoms with van der Waals surface area (Å²) in [6.07, 6.45) is 7.81. The zero-order valence-corrected chi connectivity index (χ0v) is 21.6. The predicted molar refractivity (Wildman–Crippen MR) is 135 cm³/mol. The topological polar surface area (TPSA) is 137 Å². The highest BCUT2D eigenvalue weighted by Gasteiger charge is 2.70. The van der Waals surface area contributed by atoms with Crippen molar-refractivity contribution in [1.29, 1.82) is 0 Å². The number of carbonyl (C=O) groups is 1. The first-order valence-corrected chi connectivity index (χ1v) is 13.7. The molecule has 4 aliphatic carbocycles. The number of amides is 1. The fourth-order valence-corrected chi connectivity index (χ4v) is 9.26. The predicted octanol–water partition coefficient (Wildman–Crippen LogP) is 3.69. The number of rotatable bonds is 5. The van der Waals surface area contributed by atoms with E-state index in [0.29, 0.717) is 38.8 Å². The van der Waals surface area contributed by atoms with Crippen LogP contribution in [0.1, 0.15) is 89.5 Å². The number of hydrogen-bond acceptors (Lipinski definition) is 6. The summed E-state index contributed by atoms with van der Waals surface area (Å²) in [7, 11) is 0.